The fourth-order valence-corrected chi connectivity index (χ4v) is 3.01. The minimum Gasteiger partial charge on any atom is -0.494 e. The molecule has 0 N–H and O–H groups in total. The van der Waals surface area contributed by atoms with Gasteiger partial charge in [0.1, 0.15) is 11.9 Å². The van der Waals surface area contributed by atoms with Crippen molar-refractivity contribution in [2.75, 3.05) is 45.0 Å². The zero-order chi connectivity index (χ0) is 17.7. The Morgan fingerprint density at radius 3 is 2.64 bits per heavy atom. The lowest BCUT2D eigenvalue weighted by atomic mass is 10.2. The molecule has 138 valence electrons. The Morgan fingerprint density at radius 2 is 1.96 bits per heavy atom. The first-order chi connectivity index (χ1) is 12.1. The number of methoxy groups -OCH3 is 1. The second kappa shape index (κ2) is 8.03. The molecule has 3 rings (SSSR count). The first kappa shape index (κ1) is 18.0. The van der Waals surface area contributed by atoms with Gasteiger partial charge in [0.05, 0.1) is 33.0 Å². The third-order valence-corrected chi connectivity index (χ3v) is 4.32. The van der Waals surface area contributed by atoms with Crippen molar-refractivity contribution in [1.82, 2.24) is 0 Å². The SMILES string of the molecule is COCC1CN(c2ccc(OCCCC3(C)OCCO3)cc2)C(=O)O1. The molecule has 1 unspecified atom stereocenters. The zero-order valence-electron chi connectivity index (χ0n) is 14.7. The summed E-state index contributed by atoms with van der Waals surface area (Å²) in [6.07, 6.45) is 1.07. The molecule has 0 bridgehead atoms. The van der Waals surface area contributed by atoms with Gasteiger partial charge in [0.25, 0.3) is 0 Å². The Kier molecular flexibility index (Phi) is 5.78. The minimum absolute atomic E-state index is 0.227. The monoisotopic (exact) mass is 351 g/mol. The van der Waals surface area contributed by atoms with E-state index in [0.717, 1.165) is 24.3 Å². The van der Waals surface area contributed by atoms with Crippen LogP contribution >= 0.6 is 0 Å². The van der Waals surface area contributed by atoms with Gasteiger partial charge in [-0.25, -0.2) is 4.79 Å². The van der Waals surface area contributed by atoms with Crippen LogP contribution in [0, 0.1) is 0 Å². The molecular weight excluding hydrogens is 326 g/mol. The topological polar surface area (TPSA) is 66.5 Å². The molecule has 0 spiro atoms. The molecule has 1 aromatic rings. The zero-order valence-corrected chi connectivity index (χ0v) is 14.7. The fraction of sp³-hybridized carbons (Fsp3) is 0.611. The second-order valence-corrected chi connectivity index (χ2v) is 6.35. The molecule has 2 aliphatic heterocycles. The number of carbonyl (C=O) groups excluding carboxylic acids is 1. The van der Waals surface area contributed by atoms with E-state index in [-0.39, 0.29) is 12.2 Å². The molecule has 0 radical (unpaired) electrons. The van der Waals surface area contributed by atoms with Crippen molar-refractivity contribution in [2.45, 2.75) is 31.7 Å². The van der Waals surface area contributed by atoms with Crippen LogP contribution in [-0.2, 0) is 18.9 Å². The van der Waals surface area contributed by atoms with Crippen LogP contribution in [0.4, 0.5) is 10.5 Å². The van der Waals surface area contributed by atoms with Gasteiger partial charge in [0.15, 0.2) is 5.79 Å². The number of nitrogens with zero attached hydrogens (tertiary/aromatic N) is 1. The van der Waals surface area contributed by atoms with Gasteiger partial charge in [-0.3, -0.25) is 4.90 Å². The van der Waals surface area contributed by atoms with Crippen LogP contribution in [0.1, 0.15) is 19.8 Å². The van der Waals surface area contributed by atoms with E-state index in [1.54, 1.807) is 12.0 Å². The van der Waals surface area contributed by atoms with E-state index in [2.05, 4.69) is 0 Å². The Hall–Kier alpha value is -1.83. The average Bonchev–Trinajstić information content (AvgIpc) is 3.19. The first-order valence-corrected chi connectivity index (χ1v) is 8.57. The second-order valence-electron chi connectivity index (χ2n) is 6.35. The van der Waals surface area contributed by atoms with Crippen LogP contribution in [0.5, 0.6) is 5.75 Å². The number of ether oxygens (including phenoxy) is 5. The van der Waals surface area contributed by atoms with Gasteiger partial charge in [-0.15, -0.1) is 0 Å². The highest BCUT2D eigenvalue weighted by Crippen LogP contribution is 2.26. The standard InChI is InChI=1S/C18H25NO6/c1-18(23-10-11-24-18)8-3-9-22-15-6-4-14(5-7-15)19-12-16(13-21-2)25-17(19)20/h4-7,16H,3,8-13H2,1-2H3. The van der Waals surface area contributed by atoms with Crippen molar-refractivity contribution >= 4 is 11.8 Å². The Bertz CT molecular complexity index is 569. The quantitative estimate of drug-likeness (QED) is 0.671. The summed E-state index contributed by atoms with van der Waals surface area (Å²) >= 11 is 0. The van der Waals surface area contributed by atoms with Crippen molar-refractivity contribution < 1.29 is 28.5 Å². The van der Waals surface area contributed by atoms with Crippen molar-refractivity contribution in [3.05, 3.63) is 24.3 Å². The predicted molar refractivity (Wildman–Crippen MR) is 91.0 cm³/mol. The molecule has 2 fully saturated rings. The molecule has 1 amide bonds. The van der Waals surface area contributed by atoms with Gasteiger partial charge < -0.3 is 23.7 Å². The summed E-state index contributed by atoms with van der Waals surface area (Å²) in [5.74, 6) is 0.297. The van der Waals surface area contributed by atoms with Crippen molar-refractivity contribution in [1.29, 1.82) is 0 Å². The van der Waals surface area contributed by atoms with Crippen LogP contribution in [0.2, 0.25) is 0 Å². The molecule has 2 heterocycles. The van der Waals surface area contributed by atoms with Crippen LogP contribution in [0.3, 0.4) is 0 Å². The largest absolute Gasteiger partial charge is 0.494 e. The summed E-state index contributed by atoms with van der Waals surface area (Å²) in [5.41, 5.74) is 0.788. The van der Waals surface area contributed by atoms with Gasteiger partial charge >= 0.3 is 6.09 Å². The molecule has 7 nitrogen and oxygen atoms in total. The van der Waals surface area contributed by atoms with Gasteiger partial charge in [0, 0.05) is 19.2 Å². The van der Waals surface area contributed by atoms with E-state index in [4.69, 9.17) is 23.7 Å². The van der Waals surface area contributed by atoms with Crippen LogP contribution in [0.15, 0.2) is 24.3 Å². The number of carbonyl (C=O) groups is 1. The van der Waals surface area contributed by atoms with Crippen LogP contribution in [0.25, 0.3) is 0 Å². The lowest BCUT2D eigenvalue weighted by Gasteiger charge is -2.22. The molecular formula is C18H25NO6. The average molecular weight is 351 g/mol. The number of cyclic esters (lactones) is 1. The number of benzene rings is 1. The lowest BCUT2D eigenvalue weighted by Crippen LogP contribution is -2.26. The molecule has 0 aromatic heterocycles. The van der Waals surface area contributed by atoms with Gasteiger partial charge in [-0.05, 0) is 37.6 Å². The Labute approximate surface area is 147 Å². The number of rotatable bonds is 8. The Balaban J connectivity index is 1.45. The normalized spacial score (nSPS) is 22.2. The molecule has 25 heavy (non-hydrogen) atoms. The lowest BCUT2D eigenvalue weighted by molar-refractivity contribution is -0.148. The van der Waals surface area contributed by atoms with Gasteiger partial charge in [-0.1, -0.05) is 0 Å². The van der Waals surface area contributed by atoms with Gasteiger partial charge in [0.2, 0.25) is 0 Å². The van der Waals surface area contributed by atoms with E-state index in [0.29, 0.717) is 33.0 Å². The number of amides is 1. The summed E-state index contributed by atoms with van der Waals surface area (Å²) in [4.78, 5) is 13.5. The predicted octanol–water partition coefficient (Wildman–Crippen LogP) is 2.58. The molecule has 2 saturated heterocycles. The van der Waals surface area contributed by atoms with E-state index in [1.165, 1.54) is 0 Å². The summed E-state index contributed by atoms with van der Waals surface area (Å²) in [5, 5.41) is 0. The van der Waals surface area contributed by atoms with E-state index in [9.17, 15) is 4.79 Å². The third kappa shape index (κ3) is 4.62. The smallest absolute Gasteiger partial charge is 0.414 e. The number of anilines is 1. The highest BCUT2D eigenvalue weighted by molar-refractivity contribution is 5.89. The van der Waals surface area contributed by atoms with E-state index >= 15 is 0 Å². The summed E-state index contributed by atoms with van der Waals surface area (Å²) < 4.78 is 27.2. The summed E-state index contributed by atoms with van der Waals surface area (Å²) in [6, 6.07) is 7.43. The van der Waals surface area contributed by atoms with Crippen LogP contribution in [-0.4, -0.2) is 58.1 Å². The summed E-state index contributed by atoms with van der Waals surface area (Å²) in [6.45, 7) is 4.75. The van der Waals surface area contributed by atoms with Crippen molar-refractivity contribution in [3.63, 3.8) is 0 Å². The first-order valence-electron chi connectivity index (χ1n) is 8.57. The summed E-state index contributed by atoms with van der Waals surface area (Å²) in [7, 11) is 1.59. The molecule has 1 atom stereocenters. The molecule has 7 heteroatoms. The molecule has 1 aromatic carbocycles. The van der Waals surface area contributed by atoms with Crippen LogP contribution < -0.4 is 9.64 Å². The fourth-order valence-electron chi connectivity index (χ4n) is 3.01. The Morgan fingerprint density at radius 1 is 1.24 bits per heavy atom. The maximum Gasteiger partial charge on any atom is 0.414 e. The van der Waals surface area contributed by atoms with Gasteiger partial charge in [-0.2, -0.15) is 0 Å². The van der Waals surface area contributed by atoms with Crippen molar-refractivity contribution in [3.8, 4) is 5.75 Å². The molecule has 2 aliphatic rings. The van der Waals surface area contributed by atoms with Crippen molar-refractivity contribution in [2.24, 2.45) is 0 Å². The maximum absolute atomic E-state index is 11.9. The van der Waals surface area contributed by atoms with E-state index in [1.807, 2.05) is 31.2 Å². The molecule has 0 saturated carbocycles. The highest BCUT2D eigenvalue weighted by Gasteiger charge is 2.32. The molecule has 0 aliphatic carbocycles. The third-order valence-electron chi connectivity index (χ3n) is 4.32. The number of hydrogen-bond donors (Lipinski definition) is 0. The maximum atomic E-state index is 11.9. The minimum atomic E-state index is -0.470. The number of hydrogen-bond acceptors (Lipinski definition) is 6. The highest BCUT2D eigenvalue weighted by atomic mass is 16.7. The van der Waals surface area contributed by atoms with E-state index < -0.39 is 5.79 Å².